The zero-order chi connectivity index (χ0) is 12.7. The van der Waals surface area contributed by atoms with Gasteiger partial charge in [-0.1, -0.05) is 36.3 Å². The van der Waals surface area contributed by atoms with E-state index in [0.29, 0.717) is 6.42 Å². The van der Waals surface area contributed by atoms with Gasteiger partial charge in [-0.25, -0.2) is 0 Å². The van der Waals surface area contributed by atoms with Crippen molar-refractivity contribution in [3.63, 3.8) is 0 Å². The summed E-state index contributed by atoms with van der Waals surface area (Å²) in [6, 6.07) is 7.80. The van der Waals surface area contributed by atoms with Gasteiger partial charge in [-0.15, -0.1) is 0 Å². The second-order valence-electron chi connectivity index (χ2n) is 3.79. The first kappa shape index (κ1) is 13.2. The second-order valence-corrected chi connectivity index (χ2v) is 3.79. The third-order valence-corrected chi connectivity index (χ3v) is 2.43. The van der Waals surface area contributed by atoms with E-state index in [1.807, 2.05) is 31.2 Å². The molecule has 92 valence electrons. The molecule has 4 nitrogen and oxygen atoms in total. The lowest BCUT2D eigenvalue weighted by atomic mass is 10.0. The van der Waals surface area contributed by atoms with Crippen molar-refractivity contribution in [1.82, 2.24) is 0 Å². The Bertz CT molecular complexity index is 384. The first-order valence-corrected chi connectivity index (χ1v) is 5.40. The average Bonchev–Trinajstić information content (AvgIpc) is 2.37. The van der Waals surface area contributed by atoms with E-state index in [0.717, 1.165) is 11.1 Å². The molecule has 1 unspecified atom stereocenters. The van der Waals surface area contributed by atoms with Crippen LogP contribution in [0.25, 0.3) is 0 Å². The Hall–Kier alpha value is -1.84. The SMILES string of the molecule is CO/N=C\c1ccc(CC(C)C(=O)OC)cc1. The highest BCUT2D eigenvalue weighted by molar-refractivity contribution is 5.79. The summed E-state index contributed by atoms with van der Waals surface area (Å²) in [6.07, 6.45) is 2.31. The number of esters is 1. The predicted molar refractivity (Wildman–Crippen MR) is 65.9 cm³/mol. The van der Waals surface area contributed by atoms with Crippen LogP contribution in [0.2, 0.25) is 0 Å². The van der Waals surface area contributed by atoms with Crippen LogP contribution in [0.5, 0.6) is 0 Å². The summed E-state index contributed by atoms with van der Waals surface area (Å²) in [5.74, 6) is -0.312. The van der Waals surface area contributed by atoms with E-state index in [4.69, 9.17) is 0 Å². The molecule has 0 spiro atoms. The van der Waals surface area contributed by atoms with Gasteiger partial charge in [0.1, 0.15) is 7.11 Å². The molecular weight excluding hydrogens is 218 g/mol. The van der Waals surface area contributed by atoms with Gasteiger partial charge >= 0.3 is 5.97 Å². The fraction of sp³-hybridized carbons (Fsp3) is 0.385. The van der Waals surface area contributed by atoms with Crippen LogP contribution in [0.4, 0.5) is 0 Å². The van der Waals surface area contributed by atoms with Crippen molar-refractivity contribution in [2.45, 2.75) is 13.3 Å². The van der Waals surface area contributed by atoms with Crippen molar-refractivity contribution in [2.24, 2.45) is 11.1 Å². The van der Waals surface area contributed by atoms with Crippen LogP contribution in [-0.4, -0.2) is 26.4 Å². The number of benzene rings is 1. The summed E-state index contributed by atoms with van der Waals surface area (Å²) in [5, 5.41) is 3.68. The van der Waals surface area contributed by atoms with Gasteiger partial charge < -0.3 is 9.57 Å². The molecule has 0 bridgehead atoms. The second kappa shape index (κ2) is 6.68. The maximum absolute atomic E-state index is 11.3. The maximum Gasteiger partial charge on any atom is 0.308 e. The van der Waals surface area contributed by atoms with Gasteiger partial charge in [-0.3, -0.25) is 4.79 Å². The van der Waals surface area contributed by atoms with Gasteiger partial charge in [0.15, 0.2) is 0 Å². The molecule has 1 aromatic rings. The largest absolute Gasteiger partial charge is 0.469 e. The molecule has 4 heteroatoms. The average molecular weight is 235 g/mol. The topological polar surface area (TPSA) is 47.9 Å². The fourth-order valence-electron chi connectivity index (χ4n) is 1.49. The van der Waals surface area contributed by atoms with E-state index < -0.39 is 0 Å². The van der Waals surface area contributed by atoms with Crippen LogP contribution < -0.4 is 0 Å². The lowest BCUT2D eigenvalue weighted by Gasteiger charge is -2.08. The summed E-state index contributed by atoms with van der Waals surface area (Å²) < 4.78 is 4.68. The third kappa shape index (κ3) is 4.26. The molecule has 0 N–H and O–H groups in total. The van der Waals surface area contributed by atoms with Crippen LogP contribution in [0.3, 0.4) is 0 Å². The molecule has 0 heterocycles. The normalized spacial score (nSPS) is 12.4. The standard InChI is InChI=1S/C13H17NO3/c1-10(13(15)16-2)8-11-4-6-12(7-5-11)9-14-17-3/h4-7,9-10H,8H2,1-3H3/b14-9-. The Labute approximate surface area is 101 Å². The number of carbonyl (C=O) groups excluding carboxylic acids is 1. The molecular formula is C13H17NO3. The quantitative estimate of drug-likeness (QED) is 0.445. The summed E-state index contributed by atoms with van der Waals surface area (Å²) in [4.78, 5) is 15.9. The maximum atomic E-state index is 11.3. The van der Waals surface area contributed by atoms with Gasteiger partial charge in [0, 0.05) is 0 Å². The van der Waals surface area contributed by atoms with Crippen molar-refractivity contribution in [2.75, 3.05) is 14.2 Å². The first-order chi connectivity index (χ1) is 8.17. The molecule has 0 aliphatic rings. The van der Waals surface area contributed by atoms with Crippen molar-refractivity contribution < 1.29 is 14.4 Å². The van der Waals surface area contributed by atoms with E-state index in [9.17, 15) is 4.79 Å². The first-order valence-electron chi connectivity index (χ1n) is 5.40. The highest BCUT2D eigenvalue weighted by atomic mass is 16.6. The molecule has 0 saturated carbocycles. The van der Waals surface area contributed by atoms with Gasteiger partial charge in [0.05, 0.1) is 19.2 Å². The molecule has 0 aliphatic carbocycles. The monoisotopic (exact) mass is 235 g/mol. The zero-order valence-electron chi connectivity index (χ0n) is 10.3. The van der Waals surface area contributed by atoms with Crippen LogP contribution in [0, 0.1) is 5.92 Å². The molecule has 1 rings (SSSR count). The van der Waals surface area contributed by atoms with Crippen LogP contribution in [0.1, 0.15) is 18.1 Å². The van der Waals surface area contributed by atoms with Crippen molar-refractivity contribution in [1.29, 1.82) is 0 Å². The summed E-state index contributed by atoms with van der Waals surface area (Å²) in [6.45, 7) is 1.85. The number of hydrogen-bond acceptors (Lipinski definition) is 4. The number of methoxy groups -OCH3 is 1. The Balaban J connectivity index is 2.62. The molecule has 0 amide bonds. The Morgan fingerprint density at radius 3 is 2.53 bits per heavy atom. The molecule has 0 fully saturated rings. The molecule has 17 heavy (non-hydrogen) atoms. The number of hydrogen-bond donors (Lipinski definition) is 0. The van der Waals surface area contributed by atoms with E-state index in [1.54, 1.807) is 6.21 Å². The molecule has 0 saturated heterocycles. The highest BCUT2D eigenvalue weighted by Crippen LogP contribution is 2.10. The van der Waals surface area contributed by atoms with E-state index in [2.05, 4.69) is 14.7 Å². The van der Waals surface area contributed by atoms with Crippen LogP contribution in [0.15, 0.2) is 29.4 Å². The summed E-state index contributed by atoms with van der Waals surface area (Å²) >= 11 is 0. The van der Waals surface area contributed by atoms with Gasteiger partial charge in [0.2, 0.25) is 0 Å². The van der Waals surface area contributed by atoms with Gasteiger partial charge in [-0.05, 0) is 17.5 Å². The van der Waals surface area contributed by atoms with Crippen molar-refractivity contribution >= 4 is 12.2 Å². The van der Waals surface area contributed by atoms with Crippen LogP contribution >= 0.6 is 0 Å². The number of nitrogens with zero attached hydrogens (tertiary/aromatic N) is 1. The number of rotatable bonds is 5. The fourth-order valence-corrected chi connectivity index (χ4v) is 1.49. The smallest absolute Gasteiger partial charge is 0.308 e. The lowest BCUT2D eigenvalue weighted by Crippen LogP contribution is -2.15. The molecule has 1 atom stereocenters. The minimum absolute atomic E-state index is 0.126. The predicted octanol–water partition coefficient (Wildman–Crippen LogP) is 2.02. The van der Waals surface area contributed by atoms with Gasteiger partial charge in [-0.2, -0.15) is 0 Å². The minimum atomic E-state index is -0.185. The highest BCUT2D eigenvalue weighted by Gasteiger charge is 2.13. The molecule has 0 radical (unpaired) electrons. The Morgan fingerprint density at radius 2 is 2.00 bits per heavy atom. The van der Waals surface area contributed by atoms with Gasteiger partial charge in [0.25, 0.3) is 0 Å². The van der Waals surface area contributed by atoms with E-state index in [1.165, 1.54) is 14.2 Å². The van der Waals surface area contributed by atoms with E-state index >= 15 is 0 Å². The summed E-state index contributed by atoms with van der Waals surface area (Å²) in [7, 11) is 2.91. The third-order valence-electron chi connectivity index (χ3n) is 2.43. The van der Waals surface area contributed by atoms with Crippen molar-refractivity contribution in [3.8, 4) is 0 Å². The molecule has 0 aliphatic heterocycles. The van der Waals surface area contributed by atoms with Crippen LogP contribution in [-0.2, 0) is 20.8 Å². The minimum Gasteiger partial charge on any atom is -0.469 e. The van der Waals surface area contributed by atoms with Crippen molar-refractivity contribution in [3.05, 3.63) is 35.4 Å². The molecule has 1 aromatic carbocycles. The summed E-state index contributed by atoms with van der Waals surface area (Å²) in [5.41, 5.74) is 2.05. The van der Waals surface area contributed by atoms with E-state index in [-0.39, 0.29) is 11.9 Å². The number of carbonyl (C=O) groups is 1. The Morgan fingerprint density at radius 1 is 1.35 bits per heavy atom. The number of ether oxygens (including phenoxy) is 1. The zero-order valence-corrected chi connectivity index (χ0v) is 10.3. The Kier molecular flexibility index (Phi) is 5.20. The lowest BCUT2D eigenvalue weighted by molar-refractivity contribution is -0.144. The molecule has 0 aromatic heterocycles. The number of oxime groups is 1.